The van der Waals surface area contributed by atoms with Gasteiger partial charge in [0, 0.05) is 49.0 Å². The fourth-order valence-corrected chi connectivity index (χ4v) is 3.33. The number of hydrogen-bond acceptors (Lipinski definition) is 4. The zero-order valence-corrected chi connectivity index (χ0v) is 13.2. The standard InChI is InChI=1S/C16H17N3O2S/c1-12-2-3-14(22-12)16(21)19-10-8-18(9-11-19)15(20)13-4-6-17-7-5-13/h2-7H,8-11H2,1H3. The van der Waals surface area contributed by atoms with Crippen molar-refractivity contribution >= 4 is 23.2 Å². The Hall–Kier alpha value is -2.21. The SMILES string of the molecule is Cc1ccc(C(=O)N2CCN(C(=O)c3ccncc3)CC2)s1. The van der Waals surface area contributed by atoms with E-state index < -0.39 is 0 Å². The number of amides is 2. The van der Waals surface area contributed by atoms with Gasteiger partial charge in [0.15, 0.2) is 0 Å². The van der Waals surface area contributed by atoms with Gasteiger partial charge in [-0.2, -0.15) is 0 Å². The fourth-order valence-electron chi connectivity index (χ4n) is 2.49. The van der Waals surface area contributed by atoms with Gasteiger partial charge in [0.1, 0.15) is 0 Å². The Morgan fingerprint density at radius 1 is 0.955 bits per heavy atom. The second kappa shape index (κ2) is 6.27. The van der Waals surface area contributed by atoms with Gasteiger partial charge in [-0.25, -0.2) is 0 Å². The van der Waals surface area contributed by atoms with Crippen LogP contribution in [0.3, 0.4) is 0 Å². The summed E-state index contributed by atoms with van der Waals surface area (Å²) in [5, 5.41) is 0. The van der Waals surface area contributed by atoms with E-state index in [1.165, 1.54) is 11.3 Å². The number of aryl methyl sites for hydroxylation is 1. The van der Waals surface area contributed by atoms with E-state index in [0.29, 0.717) is 31.7 Å². The molecule has 3 heterocycles. The minimum Gasteiger partial charge on any atom is -0.335 e. The topological polar surface area (TPSA) is 53.5 Å². The van der Waals surface area contributed by atoms with E-state index in [1.807, 2.05) is 24.0 Å². The molecule has 22 heavy (non-hydrogen) atoms. The third-order valence-corrected chi connectivity index (χ3v) is 4.72. The maximum atomic E-state index is 12.4. The van der Waals surface area contributed by atoms with Crippen molar-refractivity contribution in [2.45, 2.75) is 6.92 Å². The molecule has 0 spiro atoms. The summed E-state index contributed by atoms with van der Waals surface area (Å²) in [5.74, 6) is 0.0653. The van der Waals surface area contributed by atoms with Crippen molar-refractivity contribution in [3.63, 3.8) is 0 Å². The lowest BCUT2D eigenvalue weighted by molar-refractivity contribution is 0.0538. The quantitative estimate of drug-likeness (QED) is 0.852. The molecule has 6 heteroatoms. The van der Waals surface area contributed by atoms with E-state index in [0.717, 1.165) is 9.75 Å². The smallest absolute Gasteiger partial charge is 0.264 e. The van der Waals surface area contributed by atoms with Crippen LogP contribution in [0.4, 0.5) is 0 Å². The van der Waals surface area contributed by atoms with Crippen LogP contribution in [-0.2, 0) is 0 Å². The average molecular weight is 315 g/mol. The van der Waals surface area contributed by atoms with Crippen LogP contribution in [0.2, 0.25) is 0 Å². The van der Waals surface area contributed by atoms with Gasteiger partial charge in [-0.1, -0.05) is 0 Å². The summed E-state index contributed by atoms with van der Waals surface area (Å²) in [6.45, 7) is 4.28. The van der Waals surface area contributed by atoms with Gasteiger partial charge in [-0.15, -0.1) is 11.3 Å². The summed E-state index contributed by atoms with van der Waals surface area (Å²) in [4.78, 5) is 34.2. The Morgan fingerprint density at radius 3 is 2.09 bits per heavy atom. The minimum atomic E-state index is 0.00136. The molecule has 2 aromatic rings. The fraction of sp³-hybridized carbons (Fsp3) is 0.312. The Balaban J connectivity index is 1.61. The van der Waals surface area contributed by atoms with Crippen LogP contribution < -0.4 is 0 Å². The first kappa shape index (κ1) is 14.7. The molecule has 0 atom stereocenters. The number of nitrogens with zero attached hydrogens (tertiary/aromatic N) is 3. The van der Waals surface area contributed by atoms with E-state index in [-0.39, 0.29) is 11.8 Å². The van der Waals surface area contributed by atoms with Crippen LogP contribution in [0.5, 0.6) is 0 Å². The van der Waals surface area contributed by atoms with Crippen molar-refractivity contribution in [1.29, 1.82) is 0 Å². The third kappa shape index (κ3) is 3.01. The normalized spacial score (nSPS) is 15.0. The van der Waals surface area contributed by atoms with Crippen LogP contribution in [0.25, 0.3) is 0 Å². The van der Waals surface area contributed by atoms with Crippen molar-refractivity contribution in [3.8, 4) is 0 Å². The number of carbonyl (C=O) groups is 2. The van der Waals surface area contributed by atoms with Crippen molar-refractivity contribution in [1.82, 2.24) is 14.8 Å². The van der Waals surface area contributed by atoms with Crippen LogP contribution in [0.15, 0.2) is 36.7 Å². The zero-order valence-electron chi connectivity index (χ0n) is 12.4. The van der Waals surface area contributed by atoms with Gasteiger partial charge in [0.05, 0.1) is 4.88 Å². The maximum absolute atomic E-state index is 12.4. The second-order valence-corrected chi connectivity index (χ2v) is 6.52. The summed E-state index contributed by atoms with van der Waals surface area (Å²) >= 11 is 1.51. The van der Waals surface area contributed by atoms with E-state index >= 15 is 0 Å². The second-order valence-electron chi connectivity index (χ2n) is 5.23. The number of piperazine rings is 1. The number of aromatic nitrogens is 1. The van der Waals surface area contributed by atoms with Crippen molar-refractivity contribution in [3.05, 3.63) is 52.0 Å². The Kier molecular flexibility index (Phi) is 4.20. The first-order valence-corrected chi connectivity index (χ1v) is 8.02. The van der Waals surface area contributed by atoms with Crippen LogP contribution in [0.1, 0.15) is 24.9 Å². The van der Waals surface area contributed by atoms with Gasteiger partial charge in [0.25, 0.3) is 11.8 Å². The Bertz CT molecular complexity index is 676. The lowest BCUT2D eigenvalue weighted by Crippen LogP contribution is -2.50. The van der Waals surface area contributed by atoms with Crippen molar-refractivity contribution < 1.29 is 9.59 Å². The molecule has 3 rings (SSSR count). The van der Waals surface area contributed by atoms with E-state index in [4.69, 9.17) is 0 Å². The largest absolute Gasteiger partial charge is 0.335 e. The van der Waals surface area contributed by atoms with Crippen molar-refractivity contribution in [2.75, 3.05) is 26.2 Å². The van der Waals surface area contributed by atoms with Gasteiger partial charge in [0.2, 0.25) is 0 Å². The van der Waals surface area contributed by atoms with Gasteiger partial charge in [-0.3, -0.25) is 14.6 Å². The molecule has 5 nitrogen and oxygen atoms in total. The number of thiophene rings is 1. The summed E-state index contributed by atoms with van der Waals surface area (Å²) < 4.78 is 0. The molecule has 1 aliphatic rings. The molecule has 0 aromatic carbocycles. The first-order valence-electron chi connectivity index (χ1n) is 7.20. The molecule has 0 N–H and O–H groups in total. The molecular weight excluding hydrogens is 298 g/mol. The first-order chi connectivity index (χ1) is 10.6. The number of hydrogen-bond donors (Lipinski definition) is 0. The molecule has 1 saturated heterocycles. The summed E-state index contributed by atoms with van der Waals surface area (Å²) in [6, 6.07) is 7.26. The highest BCUT2D eigenvalue weighted by molar-refractivity contribution is 7.13. The van der Waals surface area contributed by atoms with E-state index in [1.54, 1.807) is 29.4 Å². The molecule has 2 aromatic heterocycles. The number of carbonyl (C=O) groups excluding carboxylic acids is 2. The summed E-state index contributed by atoms with van der Waals surface area (Å²) in [6.07, 6.45) is 3.23. The molecule has 0 aliphatic carbocycles. The van der Waals surface area contributed by atoms with Crippen molar-refractivity contribution in [2.24, 2.45) is 0 Å². The van der Waals surface area contributed by atoms with Crippen LogP contribution in [0, 0.1) is 6.92 Å². The minimum absolute atomic E-state index is 0.00136. The highest BCUT2D eigenvalue weighted by Crippen LogP contribution is 2.18. The molecule has 0 unspecified atom stereocenters. The zero-order chi connectivity index (χ0) is 15.5. The lowest BCUT2D eigenvalue weighted by Gasteiger charge is -2.34. The molecule has 0 bridgehead atoms. The molecular formula is C16H17N3O2S. The molecule has 0 radical (unpaired) electrons. The highest BCUT2D eigenvalue weighted by Gasteiger charge is 2.25. The monoisotopic (exact) mass is 315 g/mol. The molecule has 2 amide bonds. The number of pyridine rings is 1. The van der Waals surface area contributed by atoms with Crippen LogP contribution >= 0.6 is 11.3 Å². The summed E-state index contributed by atoms with van der Waals surface area (Å²) in [5.41, 5.74) is 0.642. The van der Waals surface area contributed by atoms with Gasteiger partial charge < -0.3 is 9.80 Å². The third-order valence-electron chi connectivity index (χ3n) is 3.73. The maximum Gasteiger partial charge on any atom is 0.264 e. The average Bonchev–Trinajstić information content (AvgIpc) is 3.01. The molecule has 114 valence electrons. The molecule has 1 fully saturated rings. The van der Waals surface area contributed by atoms with Gasteiger partial charge in [-0.05, 0) is 31.2 Å². The Labute approximate surface area is 133 Å². The summed E-state index contributed by atoms with van der Waals surface area (Å²) in [7, 11) is 0. The lowest BCUT2D eigenvalue weighted by atomic mass is 10.2. The van der Waals surface area contributed by atoms with E-state index in [2.05, 4.69) is 4.98 Å². The predicted octanol–water partition coefficient (Wildman–Crippen LogP) is 2.05. The highest BCUT2D eigenvalue weighted by atomic mass is 32.1. The molecule has 0 saturated carbocycles. The predicted molar refractivity (Wildman–Crippen MR) is 85.1 cm³/mol. The van der Waals surface area contributed by atoms with E-state index in [9.17, 15) is 9.59 Å². The Morgan fingerprint density at radius 2 is 1.55 bits per heavy atom. The van der Waals surface area contributed by atoms with Gasteiger partial charge >= 0.3 is 0 Å². The number of rotatable bonds is 2. The molecule has 1 aliphatic heterocycles. The van der Waals surface area contributed by atoms with Crippen LogP contribution in [-0.4, -0.2) is 52.8 Å².